The third-order valence-electron chi connectivity index (χ3n) is 7.62. The quantitative estimate of drug-likeness (QED) is 0.0422. The van der Waals surface area contributed by atoms with E-state index in [2.05, 4.69) is 111 Å². The SMILES string of the molecule is CC/C=C\C/C=C\C/C=C\C/C=C\C/C=C\C/C=C\C/C=C\CCCCCCOCC(CO)OC(=O)CCCCCCC/C=C\CCC. The van der Waals surface area contributed by atoms with Crippen molar-refractivity contribution in [2.75, 3.05) is 19.8 Å². The Labute approximate surface area is 296 Å². The van der Waals surface area contributed by atoms with Gasteiger partial charge < -0.3 is 14.6 Å². The van der Waals surface area contributed by atoms with Crippen LogP contribution in [0.4, 0.5) is 0 Å². The molecule has 0 aliphatic carbocycles. The number of rotatable bonds is 34. The van der Waals surface area contributed by atoms with E-state index in [4.69, 9.17) is 9.47 Å². The molecule has 4 heteroatoms. The van der Waals surface area contributed by atoms with Crippen molar-refractivity contribution in [3.8, 4) is 0 Å². The van der Waals surface area contributed by atoms with E-state index in [0.29, 0.717) is 13.0 Å². The second kappa shape index (κ2) is 40.5. The summed E-state index contributed by atoms with van der Waals surface area (Å²) in [6.07, 6.45) is 57.5. The molecule has 0 heterocycles. The Morgan fingerprint density at radius 3 is 1.44 bits per heavy atom. The summed E-state index contributed by atoms with van der Waals surface area (Å²) >= 11 is 0. The van der Waals surface area contributed by atoms with Crippen LogP contribution in [-0.2, 0) is 14.3 Å². The fraction of sp³-hybridized carbons (Fsp3) is 0.614. The van der Waals surface area contributed by atoms with Crippen LogP contribution in [0.3, 0.4) is 0 Å². The van der Waals surface area contributed by atoms with Gasteiger partial charge in [-0.25, -0.2) is 0 Å². The molecule has 0 bridgehead atoms. The minimum absolute atomic E-state index is 0.192. The summed E-state index contributed by atoms with van der Waals surface area (Å²) < 4.78 is 11.1. The summed E-state index contributed by atoms with van der Waals surface area (Å²) in [5.74, 6) is -0.228. The highest BCUT2D eigenvalue weighted by Gasteiger charge is 2.13. The molecule has 0 fully saturated rings. The minimum atomic E-state index is -0.557. The molecular weight excluding hydrogens is 592 g/mol. The van der Waals surface area contributed by atoms with Crippen molar-refractivity contribution in [3.05, 3.63) is 97.2 Å². The molecule has 0 rings (SSSR count). The maximum atomic E-state index is 12.1. The lowest BCUT2D eigenvalue weighted by atomic mass is 10.1. The van der Waals surface area contributed by atoms with Gasteiger partial charge in [-0.1, -0.05) is 150 Å². The summed E-state index contributed by atoms with van der Waals surface area (Å²) in [6, 6.07) is 0. The number of unbranched alkanes of at least 4 members (excludes halogenated alkanes) is 10. The fourth-order valence-corrected chi connectivity index (χ4v) is 4.78. The monoisotopic (exact) mass is 665 g/mol. The zero-order valence-electron chi connectivity index (χ0n) is 31.0. The predicted molar refractivity (Wildman–Crippen MR) is 209 cm³/mol. The van der Waals surface area contributed by atoms with Crippen molar-refractivity contribution in [2.45, 2.75) is 155 Å². The van der Waals surface area contributed by atoms with Crippen LogP contribution in [0.15, 0.2) is 97.2 Å². The van der Waals surface area contributed by atoms with E-state index >= 15 is 0 Å². The van der Waals surface area contributed by atoms with Crippen molar-refractivity contribution in [2.24, 2.45) is 0 Å². The molecule has 0 aromatic carbocycles. The van der Waals surface area contributed by atoms with Crippen LogP contribution in [0.25, 0.3) is 0 Å². The summed E-state index contributed by atoms with van der Waals surface area (Å²) in [7, 11) is 0. The van der Waals surface area contributed by atoms with Crippen molar-refractivity contribution >= 4 is 5.97 Å². The molecule has 0 amide bonds. The Morgan fingerprint density at radius 1 is 0.521 bits per heavy atom. The first kappa shape index (κ1) is 45.3. The van der Waals surface area contributed by atoms with Crippen molar-refractivity contribution in [1.29, 1.82) is 0 Å². The molecule has 0 aromatic heterocycles. The van der Waals surface area contributed by atoms with Crippen LogP contribution in [-0.4, -0.2) is 37.0 Å². The molecule has 1 atom stereocenters. The van der Waals surface area contributed by atoms with Gasteiger partial charge in [0.05, 0.1) is 13.2 Å². The number of allylic oxidation sites excluding steroid dienone is 16. The molecule has 48 heavy (non-hydrogen) atoms. The molecule has 4 nitrogen and oxygen atoms in total. The number of hydrogen-bond donors (Lipinski definition) is 1. The van der Waals surface area contributed by atoms with E-state index in [1.807, 2.05) is 0 Å². The summed E-state index contributed by atoms with van der Waals surface area (Å²) in [5.41, 5.74) is 0. The number of carbonyl (C=O) groups excluding carboxylic acids is 1. The van der Waals surface area contributed by atoms with Crippen LogP contribution in [0.1, 0.15) is 149 Å². The molecule has 0 aliphatic heterocycles. The Hall–Kier alpha value is -2.69. The van der Waals surface area contributed by atoms with E-state index in [0.717, 1.165) is 89.9 Å². The van der Waals surface area contributed by atoms with E-state index < -0.39 is 6.10 Å². The van der Waals surface area contributed by atoms with Crippen molar-refractivity contribution < 1.29 is 19.4 Å². The second-order valence-electron chi connectivity index (χ2n) is 12.3. The average molecular weight is 665 g/mol. The molecule has 1 N–H and O–H groups in total. The molecule has 0 saturated heterocycles. The fourth-order valence-electron chi connectivity index (χ4n) is 4.78. The van der Waals surface area contributed by atoms with Gasteiger partial charge in [0.2, 0.25) is 0 Å². The van der Waals surface area contributed by atoms with Gasteiger partial charge in [-0.3, -0.25) is 4.79 Å². The predicted octanol–water partition coefficient (Wildman–Crippen LogP) is 12.6. The van der Waals surface area contributed by atoms with Gasteiger partial charge in [0.1, 0.15) is 6.10 Å². The standard InChI is InChI=1S/C44H72O4/c1-3-5-7-9-11-13-15-16-17-18-19-20-21-22-23-24-25-26-27-28-29-30-32-34-36-38-40-47-42-43(41-45)48-44(46)39-37-35-33-31-14-12-10-8-6-4-2/h5,7-8,10-11,13,16-17,19-20,22-23,25-26,28-29,43,45H,3-4,6,9,12,14-15,18,21,24,27,30-42H2,1-2H3/b7-5-,10-8-,13-11-,17-16-,20-19-,23-22-,26-25-,29-28-. The van der Waals surface area contributed by atoms with Crippen LogP contribution in [0, 0.1) is 0 Å². The maximum Gasteiger partial charge on any atom is 0.306 e. The Kier molecular flexibility index (Phi) is 38.2. The van der Waals surface area contributed by atoms with E-state index in [9.17, 15) is 9.90 Å². The number of hydrogen-bond acceptors (Lipinski definition) is 4. The van der Waals surface area contributed by atoms with Gasteiger partial charge in [0, 0.05) is 13.0 Å². The highest BCUT2D eigenvalue weighted by molar-refractivity contribution is 5.69. The maximum absolute atomic E-state index is 12.1. The van der Waals surface area contributed by atoms with Crippen LogP contribution in [0.5, 0.6) is 0 Å². The van der Waals surface area contributed by atoms with Crippen LogP contribution < -0.4 is 0 Å². The molecule has 272 valence electrons. The Bertz CT molecular complexity index is 918. The molecule has 0 aliphatic rings. The Balaban J connectivity index is 3.58. The van der Waals surface area contributed by atoms with Crippen molar-refractivity contribution in [1.82, 2.24) is 0 Å². The summed E-state index contributed by atoms with van der Waals surface area (Å²) in [4.78, 5) is 12.1. The zero-order valence-corrected chi connectivity index (χ0v) is 31.0. The highest BCUT2D eigenvalue weighted by Crippen LogP contribution is 2.10. The van der Waals surface area contributed by atoms with Gasteiger partial charge in [0.25, 0.3) is 0 Å². The Morgan fingerprint density at radius 2 is 0.938 bits per heavy atom. The molecule has 0 spiro atoms. The average Bonchev–Trinajstić information content (AvgIpc) is 3.09. The van der Waals surface area contributed by atoms with Gasteiger partial charge >= 0.3 is 5.97 Å². The third-order valence-corrected chi connectivity index (χ3v) is 7.62. The first-order chi connectivity index (χ1) is 23.7. The number of carbonyl (C=O) groups is 1. The van der Waals surface area contributed by atoms with E-state index in [1.54, 1.807) is 0 Å². The number of ether oxygens (including phenoxy) is 2. The summed E-state index contributed by atoms with van der Waals surface area (Å²) in [6.45, 7) is 5.08. The molecular formula is C44H72O4. The second-order valence-corrected chi connectivity index (χ2v) is 12.3. The lowest BCUT2D eigenvalue weighted by Crippen LogP contribution is -2.27. The molecule has 0 radical (unpaired) electrons. The van der Waals surface area contributed by atoms with E-state index in [-0.39, 0.29) is 19.2 Å². The van der Waals surface area contributed by atoms with E-state index in [1.165, 1.54) is 38.5 Å². The smallest absolute Gasteiger partial charge is 0.306 e. The van der Waals surface area contributed by atoms with Gasteiger partial charge in [-0.2, -0.15) is 0 Å². The highest BCUT2D eigenvalue weighted by atomic mass is 16.6. The molecule has 0 aromatic rings. The molecule has 0 saturated carbocycles. The first-order valence-electron chi connectivity index (χ1n) is 19.3. The third kappa shape index (κ3) is 37.8. The van der Waals surface area contributed by atoms with Gasteiger partial charge in [0.15, 0.2) is 0 Å². The summed E-state index contributed by atoms with van der Waals surface area (Å²) in [5, 5.41) is 9.54. The lowest BCUT2D eigenvalue weighted by Gasteiger charge is -2.15. The zero-order chi connectivity index (χ0) is 34.9. The van der Waals surface area contributed by atoms with Crippen molar-refractivity contribution in [3.63, 3.8) is 0 Å². The van der Waals surface area contributed by atoms with Crippen LogP contribution >= 0.6 is 0 Å². The number of aliphatic hydroxyl groups is 1. The first-order valence-corrected chi connectivity index (χ1v) is 19.3. The number of esters is 1. The topological polar surface area (TPSA) is 55.8 Å². The largest absolute Gasteiger partial charge is 0.457 e. The van der Waals surface area contributed by atoms with Gasteiger partial charge in [-0.15, -0.1) is 0 Å². The minimum Gasteiger partial charge on any atom is -0.457 e. The van der Waals surface area contributed by atoms with Crippen LogP contribution in [0.2, 0.25) is 0 Å². The normalized spacial score (nSPS) is 13.5. The lowest BCUT2D eigenvalue weighted by molar-refractivity contribution is -0.154. The number of aliphatic hydroxyl groups excluding tert-OH is 1. The molecule has 1 unspecified atom stereocenters. The van der Waals surface area contributed by atoms with Gasteiger partial charge in [-0.05, 0) is 89.9 Å².